The monoisotopic (exact) mass is 325 g/mol. The third-order valence-electron chi connectivity index (χ3n) is 4.19. The minimum absolute atomic E-state index is 0.352. The first-order valence-corrected chi connectivity index (χ1v) is 8.83. The first-order chi connectivity index (χ1) is 10.2. The van der Waals surface area contributed by atoms with Crippen LogP contribution in [0, 0.1) is 0 Å². The summed E-state index contributed by atoms with van der Waals surface area (Å²) in [6, 6.07) is 6.12. The lowest BCUT2D eigenvalue weighted by atomic mass is 9.91. The van der Waals surface area contributed by atoms with E-state index in [-0.39, 0.29) is 0 Å². The Morgan fingerprint density at radius 3 is 2.52 bits per heavy atom. The minimum atomic E-state index is 0.352. The van der Waals surface area contributed by atoms with Crippen LogP contribution in [0.1, 0.15) is 51.0 Å². The van der Waals surface area contributed by atoms with Gasteiger partial charge in [-0.25, -0.2) is 0 Å². The van der Waals surface area contributed by atoms with Crippen LogP contribution in [0.4, 0.5) is 0 Å². The second kappa shape index (κ2) is 8.82. The molecule has 2 rings (SSSR count). The summed E-state index contributed by atoms with van der Waals surface area (Å²) in [6.45, 7) is 3.12. The number of hydrogen-bond donors (Lipinski definition) is 1. The van der Waals surface area contributed by atoms with Crippen LogP contribution < -0.4 is 5.32 Å². The fourth-order valence-electron chi connectivity index (χ4n) is 3.05. The van der Waals surface area contributed by atoms with Gasteiger partial charge in [0.25, 0.3) is 0 Å². The van der Waals surface area contributed by atoms with E-state index in [2.05, 4.69) is 18.3 Å². The number of rotatable bonds is 5. The van der Waals surface area contributed by atoms with Crippen molar-refractivity contribution in [2.75, 3.05) is 6.54 Å². The van der Waals surface area contributed by atoms with Gasteiger partial charge in [-0.3, -0.25) is 0 Å². The fraction of sp³-hybridized carbons (Fsp3) is 0.556. The van der Waals surface area contributed by atoms with Gasteiger partial charge >= 0.3 is 0 Å². The third-order valence-corrected chi connectivity index (χ3v) is 4.90. The van der Waals surface area contributed by atoms with Crippen molar-refractivity contribution in [2.24, 2.45) is 0 Å². The SMILES string of the molecule is CCNC(Cc1c(Cl)cccc1Cl)/C1=C/CCCCCC1. The fourth-order valence-corrected chi connectivity index (χ4v) is 3.60. The molecule has 0 saturated heterocycles. The van der Waals surface area contributed by atoms with Gasteiger partial charge in [-0.2, -0.15) is 0 Å². The van der Waals surface area contributed by atoms with Gasteiger partial charge in [-0.05, 0) is 56.3 Å². The predicted octanol–water partition coefficient (Wildman–Crippen LogP) is 5.79. The normalized spacial score (nSPS) is 20.2. The molecular weight excluding hydrogens is 301 g/mol. The van der Waals surface area contributed by atoms with Crippen LogP contribution in [0.2, 0.25) is 10.0 Å². The van der Waals surface area contributed by atoms with Crippen molar-refractivity contribution in [3.8, 4) is 0 Å². The molecule has 3 heteroatoms. The molecule has 1 N–H and O–H groups in total. The summed E-state index contributed by atoms with van der Waals surface area (Å²) in [5, 5.41) is 5.17. The Kier molecular flexibility index (Phi) is 7.09. The molecule has 1 aliphatic rings. The highest BCUT2D eigenvalue weighted by Gasteiger charge is 2.17. The van der Waals surface area contributed by atoms with Crippen LogP contribution in [0.3, 0.4) is 0 Å². The molecule has 1 nitrogen and oxygen atoms in total. The van der Waals surface area contributed by atoms with E-state index in [1.54, 1.807) is 0 Å². The first kappa shape index (κ1) is 16.9. The van der Waals surface area contributed by atoms with Crippen molar-refractivity contribution in [1.82, 2.24) is 5.32 Å². The summed E-state index contributed by atoms with van der Waals surface area (Å²) in [7, 11) is 0. The van der Waals surface area contributed by atoms with E-state index in [4.69, 9.17) is 23.2 Å². The van der Waals surface area contributed by atoms with Crippen LogP contribution in [-0.4, -0.2) is 12.6 Å². The third kappa shape index (κ3) is 5.02. The van der Waals surface area contributed by atoms with Crippen LogP contribution in [0.15, 0.2) is 29.8 Å². The predicted molar refractivity (Wildman–Crippen MR) is 93.4 cm³/mol. The number of nitrogens with one attached hydrogen (secondary N) is 1. The van der Waals surface area contributed by atoms with Crippen molar-refractivity contribution in [2.45, 2.75) is 57.9 Å². The number of halogens is 2. The average molecular weight is 326 g/mol. The molecule has 0 saturated carbocycles. The number of benzene rings is 1. The van der Waals surface area contributed by atoms with E-state index >= 15 is 0 Å². The van der Waals surface area contributed by atoms with Gasteiger partial charge in [-0.15, -0.1) is 0 Å². The van der Waals surface area contributed by atoms with E-state index in [9.17, 15) is 0 Å². The summed E-state index contributed by atoms with van der Waals surface area (Å²) in [5.41, 5.74) is 2.60. The maximum atomic E-state index is 6.34. The van der Waals surface area contributed by atoms with Crippen molar-refractivity contribution in [3.05, 3.63) is 45.5 Å². The van der Waals surface area contributed by atoms with Crippen LogP contribution in [0.5, 0.6) is 0 Å². The molecule has 21 heavy (non-hydrogen) atoms. The van der Waals surface area contributed by atoms with E-state index in [1.165, 1.54) is 44.1 Å². The Hall–Kier alpha value is -0.500. The zero-order valence-electron chi connectivity index (χ0n) is 12.8. The molecule has 0 heterocycles. The van der Waals surface area contributed by atoms with Gasteiger partial charge in [0.05, 0.1) is 0 Å². The van der Waals surface area contributed by atoms with Gasteiger partial charge in [-0.1, -0.05) is 60.7 Å². The molecule has 116 valence electrons. The van der Waals surface area contributed by atoms with Crippen LogP contribution in [0.25, 0.3) is 0 Å². The quantitative estimate of drug-likeness (QED) is 0.675. The molecule has 1 unspecified atom stereocenters. The lowest BCUT2D eigenvalue weighted by Crippen LogP contribution is -2.33. The molecule has 1 aromatic carbocycles. The molecule has 1 atom stereocenters. The summed E-state index contributed by atoms with van der Waals surface area (Å²) in [4.78, 5) is 0. The lowest BCUT2D eigenvalue weighted by molar-refractivity contribution is 0.536. The molecule has 0 aliphatic heterocycles. The Morgan fingerprint density at radius 1 is 1.10 bits per heavy atom. The van der Waals surface area contributed by atoms with Crippen molar-refractivity contribution < 1.29 is 0 Å². The Morgan fingerprint density at radius 2 is 1.81 bits per heavy atom. The standard InChI is InChI=1S/C18H25Cl2N/c1-2-21-18(14-9-6-4-3-5-7-10-14)13-15-16(19)11-8-12-17(15)20/h8-9,11-12,18,21H,2-7,10,13H2,1H3/b14-9+. The van der Waals surface area contributed by atoms with Crippen LogP contribution >= 0.6 is 23.2 Å². The average Bonchev–Trinajstić information content (AvgIpc) is 2.42. The van der Waals surface area contributed by atoms with Gasteiger partial charge in [0.1, 0.15) is 0 Å². The number of allylic oxidation sites excluding steroid dienone is 1. The zero-order valence-corrected chi connectivity index (χ0v) is 14.3. The summed E-state index contributed by atoms with van der Waals surface area (Å²) in [6.07, 6.45) is 11.0. The van der Waals surface area contributed by atoms with Crippen molar-refractivity contribution in [1.29, 1.82) is 0 Å². The molecule has 0 radical (unpaired) electrons. The Balaban J connectivity index is 2.18. The first-order valence-electron chi connectivity index (χ1n) is 8.07. The largest absolute Gasteiger partial charge is 0.310 e. The van der Waals surface area contributed by atoms with E-state index in [0.29, 0.717) is 6.04 Å². The maximum Gasteiger partial charge on any atom is 0.0453 e. The van der Waals surface area contributed by atoms with E-state index in [1.807, 2.05) is 18.2 Å². The zero-order chi connectivity index (χ0) is 15.1. The van der Waals surface area contributed by atoms with Gasteiger partial charge in [0.2, 0.25) is 0 Å². The van der Waals surface area contributed by atoms with Crippen LogP contribution in [-0.2, 0) is 6.42 Å². The molecule has 1 aliphatic carbocycles. The second-order valence-electron chi connectivity index (χ2n) is 5.75. The van der Waals surface area contributed by atoms with E-state index < -0.39 is 0 Å². The number of hydrogen-bond acceptors (Lipinski definition) is 1. The molecule has 0 fully saturated rings. The van der Waals surface area contributed by atoms with Gasteiger partial charge in [0, 0.05) is 16.1 Å². The Labute approximate surface area is 138 Å². The molecule has 0 spiro atoms. The highest BCUT2D eigenvalue weighted by molar-refractivity contribution is 6.36. The van der Waals surface area contributed by atoms with Gasteiger partial charge < -0.3 is 5.32 Å². The summed E-state index contributed by atoms with van der Waals surface area (Å²) < 4.78 is 0. The summed E-state index contributed by atoms with van der Waals surface area (Å²) >= 11 is 12.7. The Bertz CT molecular complexity index is 462. The molecular formula is C18H25Cl2N. The number of likely N-dealkylation sites (N-methyl/N-ethyl adjacent to an activating group) is 1. The minimum Gasteiger partial charge on any atom is -0.310 e. The second-order valence-corrected chi connectivity index (χ2v) is 6.56. The van der Waals surface area contributed by atoms with Gasteiger partial charge in [0.15, 0.2) is 0 Å². The van der Waals surface area contributed by atoms with Crippen molar-refractivity contribution in [3.63, 3.8) is 0 Å². The smallest absolute Gasteiger partial charge is 0.0453 e. The highest BCUT2D eigenvalue weighted by Crippen LogP contribution is 2.28. The maximum absolute atomic E-state index is 6.34. The van der Waals surface area contributed by atoms with E-state index in [0.717, 1.165) is 28.6 Å². The molecule has 0 amide bonds. The topological polar surface area (TPSA) is 12.0 Å². The summed E-state index contributed by atoms with van der Waals surface area (Å²) in [5.74, 6) is 0. The molecule has 0 bridgehead atoms. The lowest BCUT2D eigenvalue weighted by Gasteiger charge is -2.24. The highest BCUT2D eigenvalue weighted by atomic mass is 35.5. The van der Waals surface area contributed by atoms with Crippen molar-refractivity contribution >= 4 is 23.2 Å². The molecule has 1 aromatic rings. The molecule has 0 aromatic heterocycles.